The van der Waals surface area contributed by atoms with Crippen molar-refractivity contribution in [2.75, 3.05) is 11.4 Å². The SMILES string of the molecule is N#CCC1CCCCN1c1ncc(-c2ccc[nH]2)cn1. The van der Waals surface area contributed by atoms with Crippen LogP contribution in [-0.2, 0) is 0 Å². The Bertz CT molecular complexity index is 582. The number of anilines is 1. The number of hydrogen-bond acceptors (Lipinski definition) is 4. The van der Waals surface area contributed by atoms with E-state index in [0.29, 0.717) is 6.42 Å². The topological polar surface area (TPSA) is 68.6 Å². The number of nitrogens with zero attached hydrogens (tertiary/aromatic N) is 4. The molecule has 1 aliphatic rings. The van der Waals surface area contributed by atoms with Crippen LogP contribution in [0.1, 0.15) is 25.7 Å². The highest BCUT2D eigenvalue weighted by Crippen LogP contribution is 2.24. The maximum absolute atomic E-state index is 8.93. The molecule has 20 heavy (non-hydrogen) atoms. The summed E-state index contributed by atoms with van der Waals surface area (Å²) in [5.41, 5.74) is 2.00. The maximum atomic E-state index is 8.93. The van der Waals surface area contributed by atoms with E-state index in [4.69, 9.17) is 5.26 Å². The van der Waals surface area contributed by atoms with E-state index in [1.54, 1.807) is 0 Å². The average Bonchev–Trinajstić information content (AvgIpc) is 3.03. The van der Waals surface area contributed by atoms with Crippen molar-refractivity contribution in [2.24, 2.45) is 0 Å². The Balaban J connectivity index is 1.81. The highest BCUT2D eigenvalue weighted by atomic mass is 15.3. The summed E-state index contributed by atoms with van der Waals surface area (Å²) in [7, 11) is 0. The van der Waals surface area contributed by atoms with Gasteiger partial charge in [-0.3, -0.25) is 0 Å². The molecule has 2 aromatic heterocycles. The summed E-state index contributed by atoms with van der Waals surface area (Å²) in [6.07, 6.45) is 9.49. The molecule has 0 saturated carbocycles. The molecule has 0 aliphatic carbocycles. The number of nitrogens with one attached hydrogen (secondary N) is 1. The smallest absolute Gasteiger partial charge is 0.225 e. The van der Waals surface area contributed by atoms with Gasteiger partial charge in [-0.05, 0) is 31.4 Å². The van der Waals surface area contributed by atoms with Crippen molar-refractivity contribution >= 4 is 5.95 Å². The lowest BCUT2D eigenvalue weighted by molar-refractivity contribution is 0.457. The van der Waals surface area contributed by atoms with Crippen LogP contribution in [0.2, 0.25) is 0 Å². The Morgan fingerprint density at radius 1 is 1.35 bits per heavy atom. The molecule has 0 spiro atoms. The maximum Gasteiger partial charge on any atom is 0.225 e. The minimum atomic E-state index is 0.255. The third-order valence-corrected chi connectivity index (χ3v) is 3.76. The van der Waals surface area contributed by atoms with Crippen molar-refractivity contribution in [3.05, 3.63) is 30.7 Å². The van der Waals surface area contributed by atoms with Crippen LogP contribution in [-0.4, -0.2) is 27.5 Å². The Labute approximate surface area is 118 Å². The van der Waals surface area contributed by atoms with Gasteiger partial charge in [-0.25, -0.2) is 9.97 Å². The zero-order chi connectivity index (χ0) is 13.8. The first-order chi connectivity index (χ1) is 9.88. The third-order valence-electron chi connectivity index (χ3n) is 3.76. The van der Waals surface area contributed by atoms with Crippen molar-refractivity contribution in [1.82, 2.24) is 15.0 Å². The average molecular weight is 267 g/mol. The van der Waals surface area contributed by atoms with Crippen molar-refractivity contribution in [2.45, 2.75) is 31.7 Å². The van der Waals surface area contributed by atoms with Gasteiger partial charge < -0.3 is 9.88 Å². The summed E-state index contributed by atoms with van der Waals surface area (Å²) in [5, 5.41) is 8.93. The van der Waals surface area contributed by atoms with Gasteiger partial charge in [0, 0.05) is 42.4 Å². The van der Waals surface area contributed by atoms with Gasteiger partial charge in [0.15, 0.2) is 0 Å². The molecule has 0 radical (unpaired) electrons. The quantitative estimate of drug-likeness (QED) is 0.928. The number of H-pyrrole nitrogens is 1. The van der Waals surface area contributed by atoms with Gasteiger partial charge in [-0.1, -0.05) is 0 Å². The fraction of sp³-hybridized carbons (Fsp3) is 0.400. The molecule has 1 fully saturated rings. The molecule has 2 aromatic rings. The van der Waals surface area contributed by atoms with Gasteiger partial charge in [0.1, 0.15) is 0 Å². The van der Waals surface area contributed by atoms with Gasteiger partial charge >= 0.3 is 0 Å². The predicted octanol–water partition coefficient (Wildman–Crippen LogP) is 2.74. The van der Waals surface area contributed by atoms with Crippen LogP contribution in [0, 0.1) is 11.3 Å². The molecule has 102 valence electrons. The molecule has 1 saturated heterocycles. The minimum Gasteiger partial charge on any atom is -0.361 e. The predicted molar refractivity (Wildman–Crippen MR) is 77.0 cm³/mol. The van der Waals surface area contributed by atoms with Gasteiger partial charge in [0.05, 0.1) is 12.5 Å². The van der Waals surface area contributed by atoms with E-state index < -0.39 is 0 Å². The molecule has 1 atom stereocenters. The molecule has 1 aliphatic heterocycles. The van der Waals surface area contributed by atoms with Crippen molar-refractivity contribution in [3.63, 3.8) is 0 Å². The number of nitriles is 1. The summed E-state index contributed by atoms with van der Waals surface area (Å²) in [4.78, 5) is 14.3. The van der Waals surface area contributed by atoms with Crippen LogP contribution in [0.15, 0.2) is 30.7 Å². The molecule has 5 heteroatoms. The van der Waals surface area contributed by atoms with E-state index in [1.165, 1.54) is 6.42 Å². The van der Waals surface area contributed by atoms with E-state index in [0.717, 1.165) is 36.6 Å². The van der Waals surface area contributed by atoms with Crippen LogP contribution < -0.4 is 4.90 Å². The van der Waals surface area contributed by atoms with Gasteiger partial charge in [-0.2, -0.15) is 5.26 Å². The summed E-state index contributed by atoms with van der Waals surface area (Å²) in [6.45, 7) is 0.939. The fourth-order valence-corrected chi connectivity index (χ4v) is 2.70. The lowest BCUT2D eigenvalue weighted by Crippen LogP contribution is -2.40. The monoisotopic (exact) mass is 267 g/mol. The van der Waals surface area contributed by atoms with Gasteiger partial charge in [0.2, 0.25) is 5.95 Å². The van der Waals surface area contributed by atoms with Crippen LogP contribution in [0.25, 0.3) is 11.3 Å². The normalized spacial score (nSPS) is 18.8. The van der Waals surface area contributed by atoms with Crippen molar-refractivity contribution in [3.8, 4) is 17.3 Å². The van der Waals surface area contributed by atoms with Crippen molar-refractivity contribution < 1.29 is 0 Å². The molecule has 1 unspecified atom stereocenters. The Hall–Kier alpha value is -2.35. The summed E-state index contributed by atoms with van der Waals surface area (Å²) < 4.78 is 0. The second-order valence-corrected chi connectivity index (χ2v) is 5.06. The zero-order valence-corrected chi connectivity index (χ0v) is 11.3. The lowest BCUT2D eigenvalue weighted by Gasteiger charge is -2.34. The first-order valence-electron chi connectivity index (χ1n) is 6.98. The molecule has 0 bridgehead atoms. The molecule has 3 rings (SSSR count). The number of aromatic amines is 1. The fourth-order valence-electron chi connectivity index (χ4n) is 2.70. The molecule has 0 aromatic carbocycles. The third kappa shape index (κ3) is 2.50. The van der Waals surface area contributed by atoms with E-state index in [2.05, 4.69) is 25.9 Å². The molecule has 3 heterocycles. The number of rotatable bonds is 3. The molecule has 0 amide bonds. The molecular weight excluding hydrogens is 250 g/mol. The summed E-state index contributed by atoms with van der Waals surface area (Å²) in [5.74, 6) is 0.736. The second-order valence-electron chi connectivity index (χ2n) is 5.06. The van der Waals surface area contributed by atoms with Crippen LogP contribution in [0.5, 0.6) is 0 Å². The summed E-state index contributed by atoms with van der Waals surface area (Å²) in [6, 6.07) is 6.48. The van der Waals surface area contributed by atoms with Crippen LogP contribution in [0.3, 0.4) is 0 Å². The zero-order valence-electron chi connectivity index (χ0n) is 11.3. The van der Waals surface area contributed by atoms with Gasteiger partial charge in [-0.15, -0.1) is 0 Å². The molecule has 5 nitrogen and oxygen atoms in total. The van der Waals surface area contributed by atoms with E-state index in [9.17, 15) is 0 Å². The van der Waals surface area contributed by atoms with Crippen LogP contribution in [0.4, 0.5) is 5.95 Å². The Morgan fingerprint density at radius 3 is 2.90 bits per heavy atom. The Morgan fingerprint density at radius 2 is 2.20 bits per heavy atom. The first kappa shape index (κ1) is 12.7. The standard InChI is InChI=1S/C15H17N5/c16-7-6-13-4-1-2-9-20(13)15-18-10-12(11-19-15)14-5-3-8-17-14/h3,5,8,10-11,13,17H,1-2,4,6,9H2. The number of hydrogen-bond donors (Lipinski definition) is 1. The largest absolute Gasteiger partial charge is 0.361 e. The highest BCUT2D eigenvalue weighted by Gasteiger charge is 2.24. The first-order valence-corrected chi connectivity index (χ1v) is 6.98. The highest BCUT2D eigenvalue weighted by molar-refractivity contribution is 5.57. The minimum absolute atomic E-state index is 0.255. The Kier molecular flexibility index (Phi) is 3.64. The van der Waals surface area contributed by atoms with Crippen molar-refractivity contribution in [1.29, 1.82) is 5.26 Å². The second kappa shape index (κ2) is 5.74. The molecular formula is C15H17N5. The summed E-state index contributed by atoms with van der Waals surface area (Å²) >= 11 is 0. The molecule has 1 N–H and O–H groups in total. The van der Waals surface area contributed by atoms with E-state index in [1.807, 2.05) is 30.7 Å². The number of piperidine rings is 1. The van der Waals surface area contributed by atoms with E-state index >= 15 is 0 Å². The van der Waals surface area contributed by atoms with E-state index in [-0.39, 0.29) is 6.04 Å². The van der Waals surface area contributed by atoms with Crippen LogP contribution >= 0.6 is 0 Å². The lowest BCUT2D eigenvalue weighted by atomic mass is 10.0. The van der Waals surface area contributed by atoms with Gasteiger partial charge in [0.25, 0.3) is 0 Å². The number of aromatic nitrogens is 3.